The molecule has 0 bridgehead atoms. The Kier molecular flexibility index (Phi) is 4.57. The molecule has 0 fully saturated rings. The normalized spacial score (nSPS) is 12.2. The van der Waals surface area contributed by atoms with Crippen LogP contribution in [0.25, 0.3) is 0 Å². The molecule has 106 valence electrons. The third-order valence-electron chi connectivity index (χ3n) is 2.63. The maximum atomic E-state index is 13.2. The van der Waals surface area contributed by atoms with Crippen LogP contribution in [0.4, 0.5) is 8.78 Å². The first-order chi connectivity index (χ1) is 9.44. The van der Waals surface area contributed by atoms with E-state index in [1.165, 1.54) is 0 Å². The maximum absolute atomic E-state index is 13.2. The first-order valence-corrected chi connectivity index (χ1v) is 6.50. The number of hydrogen-bond donors (Lipinski definition) is 1. The molecule has 2 rings (SSSR count). The Morgan fingerprint density at radius 2 is 1.80 bits per heavy atom. The van der Waals surface area contributed by atoms with Crippen molar-refractivity contribution in [3.05, 3.63) is 58.6 Å². The summed E-state index contributed by atoms with van der Waals surface area (Å²) in [7, 11) is 0. The number of halogens is 3. The molecule has 0 heterocycles. The second-order valence-electron chi connectivity index (χ2n) is 4.64. The van der Waals surface area contributed by atoms with E-state index >= 15 is 0 Å². The van der Waals surface area contributed by atoms with Crippen molar-refractivity contribution in [2.45, 2.75) is 19.4 Å². The van der Waals surface area contributed by atoms with Gasteiger partial charge in [-0.05, 0) is 31.0 Å². The van der Waals surface area contributed by atoms with Crippen molar-refractivity contribution in [3.8, 4) is 11.5 Å². The summed E-state index contributed by atoms with van der Waals surface area (Å²) in [5.41, 5.74) is 6.59. The lowest BCUT2D eigenvalue weighted by Gasteiger charge is -2.13. The highest BCUT2D eigenvalue weighted by molar-refractivity contribution is 6.30. The number of ether oxygens (including phenoxy) is 1. The quantitative estimate of drug-likeness (QED) is 0.913. The van der Waals surface area contributed by atoms with Crippen molar-refractivity contribution in [2.24, 2.45) is 5.73 Å². The van der Waals surface area contributed by atoms with E-state index < -0.39 is 11.6 Å². The van der Waals surface area contributed by atoms with Crippen molar-refractivity contribution in [3.63, 3.8) is 0 Å². The van der Waals surface area contributed by atoms with Crippen LogP contribution in [0, 0.1) is 11.6 Å². The zero-order valence-electron chi connectivity index (χ0n) is 10.9. The zero-order chi connectivity index (χ0) is 14.7. The van der Waals surface area contributed by atoms with Gasteiger partial charge in [-0.3, -0.25) is 0 Å². The molecule has 1 unspecified atom stereocenters. The van der Waals surface area contributed by atoms with Crippen molar-refractivity contribution in [2.75, 3.05) is 0 Å². The van der Waals surface area contributed by atoms with Crippen LogP contribution in [0.3, 0.4) is 0 Å². The SMILES string of the molecule is CC(N)Cc1ccc(Cl)cc1Oc1cc(F)cc(F)c1. The molecule has 0 aliphatic heterocycles. The molecule has 5 heteroatoms. The number of benzene rings is 2. The van der Waals surface area contributed by atoms with E-state index in [-0.39, 0.29) is 11.8 Å². The van der Waals surface area contributed by atoms with Gasteiger partial charge in [0.1, 0.15) is 23.1 Å². The zero-order valence-corrected chi connectivity index (χ0v) is 11.6. The molecule has 20 heavy (non-hydrogen) atoms. The number of nitrogens with two attached hydrogens (primary N) is 1. The van der Waals surface area contributed by atoms with Crippen LogP contribution in [0.1, 0.15) is 12.5 Å². The minimum atomic E-state index is -0.698. The second-order valence-corrected chi connectivity index (χ2v) is 5.08. The van der Waals surface area contributed by atoms with Gasteiger partial charge >= 0.3 is 0 Å². The van der Waals surface area contributed by atoms with Crippen molar-refractivity contribution in [1.29, 1.82) is 0 Å². The lowest BCUT2D eigenvalue weighted by Crippen LogP contribution is -2.18. The lowest BCUT2D eigenvalue weighted by atomic mass is 10.1. The van der Waals surface area contributed by atoms with E-state index in [2.05, 4.69) is 0 Å². The molecular weight excluding hydrogens is 284 g/mol. The Balaban J connectivity index is 2.33. The first kappa shape index (κ1) is 14.8. The monoisotopic (exact) mass is 297 g/mol. The van der Waals surface area contributed by atoms with Gasteiger partial charge in [-0.1, -0.05) is 17.7 Å². The summed E-state index contributed by atoms with van der Waals surface area (Å²) >= 11 is 5.92. The average molecular weight is 298 g/mol. The average Bonchev–Trinajstić information content (AvgIpc) is 2.31. The molecule has 2 N–H and O–H groups in total. The summed E-state index contributed by atoms with van der Waals surface area (Å²) in [5.74, 6) is -0.873. The molecule has 0 aliphatic rings. The molecule has 0 spiro atoms. The predicted octanol–water partition coefficient (Wildman–Crippen LogP) is 4.30. The van der Waals surface area contributed by atoms with Crippen LogP contribution in [0.5, 0.6) is 11.5 Å². The number of hydrogen-bond acceptors (Lipinski definition) is 2. The highest BCUT2D eigenvalue weighted by Gasteiger charge is 2.10. The molecular formula is C15H14ClF2NO. The van der Waals surface area contributed by atoms with Crippen LogP contribution in [-0.2, 0) is 6.42 Å². The summed E-state index contributed by atoms with van der Waals surface area (Å²) in [6, 6.07) is 8.05. The predicted molar refractivity (Wildman–Crippen MR) is 75.2 cm³/mol. The molecule has 1 atom stereocenters. The van der Waals surface area contributed by atoms with Gasteiger partial charge < -0.3 is 10.5 Å². The third-order valence-corrected chi connectivity index (χ3v) is 2.87. The van der Waals surface area contributed by atoms with Gasteiger partial charge in [0, 0.05) is 29.3 Å². The molecule has 0 saturated carbocycles. The molecule has 0 aromatic heterocycles. The Bertz CT molecular complexity index is 597. The fourth-order valence-corrected chi connectivity index (χ4v) is 2.02. The van der Waals surface area contributed by atoms with E-state index in [0.29, 0.717) is 17.2 Å². The molecule has 0 aliphatic carbocycles. The van der Waals surface area contributed by atoms with Crippen LogP contribution in [0.2, 0.25) is 5.02 Å². The molecule has 2 aromatic carbocycles. The first-order valence-electron chi connectivity index (χ1n) is 6.12. The summed E-state index contributed by atoms with van der Waals surface area (Å²) in [4.78, 5) is 0. The second kappa shape index (κ2) is 6.20. The topological polar surface area (TPSA) is 35.2 Å². The Morgan fingerprint density at radius 3 is 2.40 bits per heavy atom. The van der Waals surface area contributed by atoms with E-state index in [4.69, 9.17) is 22.1 Å². The highest BCUT2D eigenvalue weighted by Crippen LogP contribution is 2.30. The van der Waals surface area contributed by atoms with Crippen molar-refractivity contribution in [1.82, 2.24) is 0 Å². The van der Waals surface area contributed by atoms with Crippen LogP contribution in [0.15, 0.2) is 36.4 Å². The van der Waals surface area contributed by atoms with E-state index in [9.17, 15) is 8.78 Å². The fourth-order valence-electron chi connectivity index (χ4n) is 1.85. The van der Waals surface area contributed by atoms with Gasteiger partial charge in [0.15, 0.2) is 0 Å². The van der Waals surface area contributed by atoms with Gasteiger partial charge in [-0.2, -0.15) is 0 Å². The molecule has 0 radical (unpaired) electrons. The summed E-state index contributed by atoms with van der Waals surface area (Å²) in [5, 5.41) is 0.477. The number of rotatable bonds is 4. The van der Waals surface area contributed by atoms with E-state index in [1.54, 1.807) is 18.2 Å². The maximum Gasteiger partial charge on any atom is 0.133 e. The third kappa shape index (κ3) is 3.92. The summed E-state index contributed by atoms with van der Waals surface area (Å²) in [6.45, 7) is 1.86. The standard InChI is InChI=1S/C15H14ClF2NO/c1-9(19)4-10-2-3-11(16)5-15(10)20-14-7-12(17)6-13(18)8-14/h2-3,5-9H,4,19H2,1H3. The molecule has 0 amide bonds. The summed E-state index contributed by atoms with van der Waals surface area (Å²) in [6.07, 6.45) is 0.574. The van der Waals surface area contributed by atoms with Crippen molar-refractivity contribution >= 4 is 11.6 Å². The minimum Gasteiger partial charge on any atom is -0.457 e. The van der Waals surface area contributed by atoms with Gasteiger partial charge in [0.05, 0.1) is 0 Å². The van der Waals surface area contributed by atoms with E-state index in [1.807, 2.05) is 6.92 Å². The Labute approximate surface area is 121 Å². The molecule has 2 nitrogen and oxygen atoms in total. The lowest BCUT2D eigenvalue weighted by molar-refractivity contribution is 0.461. The highest BCUT2D eigenvalue weighted by atomic mass is 35.5. The smallest absolute Gasteiger partial charge is 0.133 e. The van der Waals surface area contributed by atoms with Gasteiger partial charge in [-0.25, -0.2) is 8.78 Å². The van der Waals surface area contributed by atoms with Crippen LogP contribution in [-0.4, -0.2) is 6.04 Å². The Hall–Kier alpha value is -1.65. The Morgan fingerprint density at radius 1 is 1.15 bits per heavy atom. The van der Waals surface area contributed by atoms with Crippen LogP contribution < -0.4 is 10.5 Å². The fraction of sp³-hybridized carbons (Fsp3) is 0.200. The van der Waals surface area contributed by atoms with Gasteiger partial charge in [-0.15, -0.1) is 0 Å². The van der Waals surface area contributed by atoms with Gasteiger partial charge in [0.25, 0.3) is 0 Å². The van der Waals surface area contributed by atoms with Crippen molar-refractivity contribution < 1.29 is 13.5 Å². The molecule has 2 aromatic rings. The minimum absolute atomic E-state index is 0.0669. The molecule has 0 saturated heterocycles. The van der Waals surface area contributed by atoms with E-state index in [0.717, 1.165) is 23.8 Å². The van der Waals surface area contributed by atoms with Gasteiger partial charge in [0.2, 0.25) is 0 Å². The summed E-state index contributed by atoms with van der Waals surface area (Å²) < 4.78 is 31.8. The largest absolute Gasteiger partial charge is 0.457 e. The van der Waals surface area contributed by atoms with Crippen LogP contribution >= 0.6 is 11.6 Å².